The Morgan fingerprint density at radius 2 is 2.00 bits per heavy atom. The number of nitrogens with two attached hydrogens (primary N) is 1. The molecule has 0 bridgehead atoms. The van der Waals surface area contributed by atoms with Gasteiger partial charge < -0.3 is 15.4 Å². The summed E-state index contributed by atoms with van der Waals surface area (Å²) in [5.74, 6) is -0.0469. The highest BCUT2D eigenvalue weighted by Gasteiger charge is 2.10. The predicted octanol–water partition coefficient (Wildman–Crippen LogP) is 2.58. The topological polar surface area (TPSA) is 55.6 Å². The van der Waals surface area contributed by atoms with E-state index in [4.69, 9.17) is 22.1 Å². The second-order valence-electron chi connectivity index (χ2n) is 3.88. The Balaban J connectivity index is 0.00000324. The standard InChI is InChI=1S/C13H19ClN2O2.ClH/c1-3-16(4-2)7-8-18-12-6-5-10(14)9-11(12)13(15)17;/h5-6,9H,3-4,7-8H2,1-2H3,(H2,15,17);1H. The quantitative estimate of drug-likeness (QED) is 0.842. The van der Waals surface area contributed by atoms with Gasteiger partial charge in [-0.3, -0.25) is 4.79 Å². The van der Waals surface area contributed by atoms with Crippen LogP contribution in [0.2, 0.25) is 5.02 Å². The molecule has 0 atom stereocenters. The lowest BCUT2D eigenvalue weighted by Gasteiger charge is -2.18. The van der Waals surface area contributed by atoms with Gasteiger partial charge in [0.25, 0.3) is 5.91 Å². The summed E-state index contributed by atoms with van der Waals surface area (Å²) in [6, 6.07) is 4.88. The van der Waals surface area contributed by atoms with Gasteiger partial charge in [-0.15, -0.1) is 12.4 Å². The summed E-state index contributed by atoms with van der Waals surface area (Å²) >= 11 is 5.82. The Morgan fingerprint density at radius 3 is 2.53 bits per heavy atom. The first-order chi connectivity index (χ1) is 8.58. The molecule has 0 heterocycles. The maximum atomic E-state index is 11.3. The molecule has 0 aliphatic rings. The minimum Gasteiger partial charge on any atom is -0.491 e. The van der Waals surface area contributed by atoms with E-state index in [0.717, 1.165) is 19.6 Å². The average Bonchev–Trinajstić information content (AvgIpc) is 2.36. The van der Waals surface area contributed by atoms with Crippen LogP contribution >= 0.6 is 24.0 Å². The lowest BCUT2D eigenvalue weighted by atomic mass is 10.2. The lowest BCUT2D eigenvalue weighted by molar-refractivity contribution is 0.0995. The average molecular weight is 307 g/mol. The number of carbonyl (C=O) groups is 1. The van der Waals surface area contributed by atoms with Gasteiger partial charge in [0.05, 0.1) is 5.56 Å². The van der Waals surface area contributed by atoms with Gasteiger partial charge >= 0.3 is 0 Å². The number of carbonyl (C=O) groups excluding carboxylic acids is 1. The Labute approximate surface area is 125 Å². The van der Waals surface area contributed by atoms with Gasteiger partial charge in [0.15, 0.2) is 0 Å². The van der Waals surface area contributed by atoms with Crippen LogP contribution < -0.4 is 10.5 Å². The lowest BCUT2D eigenvalue weighted by Crippen LogP contribution is -2.28. The van der Waals surface area contributed by atoms with Crippen LogP contribution in [0.15, 0.2) is 18.2 Å². The van der Waals surface area contributed by atoms with Gasteiger partial charge in [0.2, 0.25) is 0 Å². The van der Waals surface area contributed by atoms with Crippen molar-refractivity contribution in [1.29, 1.82) is 0 Å². The van der Waals surface area contributed by atoms with Crippen LogP contribution in [0.3, 0.4) is 0 Å². The normalized spacial score (nSPS) is 10.1. The van der Waals surface area contributed by atoms with Gasteiger partial charge in [-0.1, -0.05) is 25.4 Å². The minimum atomic E-state index is -0.532. The molecule has 1 rings (SSSR count). The molecule has 0 aliphatic heterocycles. The molecule has 0 radical (unpaired) electrons. The van der Waals surface area contributed by atoms with E-state index in [1.54, 1.807) is 12.1 Å². The Bertz CT molecular complexity index is 410. The smallest absolute Gasteiger partial charge is 0.252 e. The predicted molar refractivity (Wildman–Crippen MR) is 80.5 cm³/mol. The molecule has 0 unspecified atom stereocenters. The number of amides is 1. The number of hydrogen-bond acceptors (Lipinski definition) is 3. The van der Waals surface area contributed by atoms with Crippen LogP contribution in [0.4, 0.5) is 0 Å². The van der Waals surface area contributed by atoms with Crippen molar-refractivity contribution in [3.05, 3.63) is 28.8 Å². The van der Waals surface area contributed by atoms with Crippen molar-refractivity contribution in [3.8, 4) is 5.75 Å². The minimum absolute atomic E-state index is 0. The first-order valence-corrected chi connectivity index (χ1v) is 6.40. The summed E-state index contributed by atoms with van der Waals surface area (Å²) in [5, 5.41) is 0.472. The van der Waals surface area contributed by atoms with Crippen molar-refractivity contribution in [2.45, 2.75) is 13.8 Å². The first kappa shape index (κ1) is 18.0. The molecule has 1 aromatic rings. The number of benzene rings is 1. The molecular formula is C13H20Cl2N2O2. The number of ether oxygens (including phenoxy) is 1. The fourth-order valence-electron chi connectivity index (χ4n) is 1.65. The number of hydrogen-bond donors (Lipinski definition) is 1. The summed E-state index contributed by atoms with van der Waals surface area (Å²) in [6.45, 7) is 7.48. The number of likely N-dealkylation sites (N-methyl/N-ethyl adjacent to an activating group) is 1. The number of halogens is 2. The summed E-state index contributed by atoms with van der Waals surface area (Å²) in [6.07, 6.45) is 0. The molecule has 1 amide bonds. The molecule has 2 N–H and O–H groups in total. The second-order valence-corrected chi connectivity index (χ2v) is 4.32. The van der Waals surface area contributed by atoms with Gasteiger partial charge in [0.1, 0.15) is 12.4 Å². The molecule has 19 heavy (non-hydrogen) atoms. The van der Waals surface area contributed by atoms with E-state index >= 15 is 0 Å². The van der Waals surface area contributed by atoms with E-state index in [9.17, 15) is 4.79 Å². The monoisotopic (exact) mass is 306 g/mol. The zero-order valence-electron chi connectivity index (χ0n) is 11.2. The van der Waals surface area contributed by atoms with Gasteiger partial charge in [-0.05, 0) is 31.3 Å². The number of nitrogens with zero attached hydrogens (tertiary/aromatic N) is 1. The maximum Gasteiger partial charge on any atom is 0.252 e. The van der Waals surface area contributed by atoms with Gasteiger partial charge in [-0.2, -0.15) is 0 Å². The third kappa shape index (κ3) is 5.68. The molecule has 6 heteroatoms. The molecule has 0 fully saturated rings. The maximum absolute atomic E-state index is 11.3. The van der Waals surface area contributed by atoms with Crippen molar-refractivity contribution >= 4 is 29.9 Å². The largest absolute Gasteiger partial charge is 0.491 e. The van der Waals surface area contributed by atoms with E-state index in [-0.39, 0.29) is 12.4 Å². The summed E-state index contributed by atoms with van der Waals surface area (Å²) in [5.41, 5.74) is 5.60. The summed E-state index contributed by atoms with van der Waals surface area (Å²) in [4.78, 5) is 13.5. The Morgan fingerprint density at radius 1 is 1.37 bits per heavy atom. The van der Waals surface area contributed by atoms with Crippen LogP contribution in [-0.2, 0) is 0 Å². The van der Waals surface area contributed by atoms with Crippen LogP contribution in [0.1, 0.15) is 24.2 Å². The van der Waals surface area contributed by atoms with Crippen molar-refractivity contribution < 1.29 is 9.53 Å². The van der Waals surface area contributed by atoms with Crippen molar-refractivity contribution in [3.63, 3.8) is 0 Å². The summed E-state index contributed by atoms with van der Waals surface area (Å²) < 4.78 is 5.59. The third-order valence-corrected chi connectivity index (χ3v) is 3.00. The highest BCUT2D eigenvalue weighted by molar-refractivity contribution is 6.31. The van der Waals surface area contributed by atoms with Crippen molar-refractivity contribution in [1.82, 2.24) is 4.90 Å². The van der Waals surface area contributed by atoms with Crippen LogP contribution in [-0.4, -0.2) is 37.0 Å². The van der Waals surface area contributed by atoms with Gasteiger partial charge in [-0.25, -0.2) is 0 Å². The van der Waals surface area contributed by atoms with E-state index in [1.807, 2.05) is 0 Å². The first-order valence-electron chi connectivity index (χ1n) is 6.03. The Kier molecular flexibility index (Phi) is 8.56. The summed E-state index contributed by atoms with van der Waals surface area (Å²) in [7, 11) is 0. The molecule has 108 valence electrons. The number of rotatable bonds is 7. The van der Waals surface area contributed by atoms with E-state index in [2.05, 4.69) is 18.7 Å². The van der Waals surface area contributed by atoms with Gasteiger partial charge in [0, 0.05) is 11.6 Å². The Hall–Kier alpha value is -0.970. The van der Waals surface area contributed by atoms with E-state index in [1.165, 1.54) is 6.07 Å². The fraction of sp³-hybridized carbons (Fsp3) is 0.462. The molecule has 0 spiro atoms. The van der Waals surface area contributed by atoms with Crippen LogP contribution in [0.5, 0.6) is 5.75 Å². The van der Waals surface area contributed by atoms with E-state index in [0.29, 0.717) is 22.9 Å². The fourth-order valence-corrected chi connectivity index (χ4v) is 1.82. The molecule has 4 nitrogen and oxygen atoms in total. The number of primary amides is 1. The van der Waals surface area contributed by atoms with Crippen LogP contribution in [0.25, 0.3) is 0 Å². The highest BCUT2D eigenvalue weighted by atomic mass is 35.5. The second kappa shape index (κ2) is 9.02. The molecular weight excluding hydrogens is 287 g/mol. The zero-order chi connectivity index (χ0) is 13.5. The zero-order valence-corrected chi connectivity index (χ0v) is 12.8. The van der Waals surface area contributed by atoms with Crippen molar-refractivity contribution in [2.24, 2.45) is 5.73 Å². The van der Waals surface area contributed by atoms with Crippen LogP contribution in [0, 0.1) is 0 Å². The third-order valence-electron chi connectivity index (χ3n) is 2.77. The van der Waals surface area contributed by atoms with E-state index < -0.39 is 5.91 Å². The highest BCUT2D eigenvalue weighted by Crippen LogP contribution is 2.22. The molecule has 0 aromatic heterocycles. The molecule has 0 saturated carbocycles. The molecule has 0 aliphatic carbocycles. The SMILES string of the molecule is CCN(CC)CCOc1ccc(Cl)cc1C(N)=O.Cl. The molecule has 0 saturated heterocycles. The van der Waals surface area contributed by atoms with Crippen molar-refractivity contribution in [2.75, 3.05) is 26.2 Å². The molecule has 1 aromatic carbocycles.